The fourth-order valence-electron chi connectivity index (χ4n) is 3.90. The molecule has 2 aliphatic heterocycles. The summed E-state index contributed by atoms with van der Waals surface area (Å²) in [5.41, 5.74) is 2.33. The summed E-state index contributed by atoms with van der Waals surface area (Å²) >= 11 is 0. The van der Waals surface area contributed by atoms with E-state index in [1.807, 2.05) is 48.5 Å². The second-order valence-corrected chi connectivity index (χ2v) is 7.67. The zero-order valence-corrected chi connectivity index (χ0v) is 16.0. The van der Waals surface area contributed by atoms with E-state index in [4.69, 9.17) is 4.74 Å². The van der Waals surface area contributed by atoms with E-state index >= 15 is 0 Å². The molecule has 6 nitrogen and oxygen atoms in total. The van der Waals surface area contributed by atoms with E-state index in [-0.39, 0.29) is 17.4 Å². The number of likely N-dealkylation sites (tertiary alicyclic amines) is 1. The fraction of sp³-hybridized carbons (Fsp3) is 0.364. The number of carbonyl (C=O) groups excluding carboxylic acids is 2. The molecular weight excluding hydrogens is 354 g/mol. The van der Waals surface area contributed by atoms with Crippen LogP contribution in [0.5, 0.6) is 5.75 Å². The third kappa shape index (κ3) is 4.02. The number of hydrogen-bond donors (Lipinski definition) is 2. The lowest BCUT2D eigenvalue weighted by Crippen LogP contribution is -2.57. The molecule has 1 fully saturated rings. The standard InChI is InChI=1S/C22H25N3O3/c1-16(26)23-18-8-6-17(7-9-18)14-25-12-10-22(11-13-25)15-28-20-5-3-2-4-19(20)21(27)24-22/h2-9H,10-15H2,1H3,(H,23,26)(H,24,27). The first kappa shape index (κ1) is 18.5. The molecule has 2 aromatic carbocycles. The lowest BCUT2D eigenvalue weighted by Gasteiger charge is -2.41. The quantitative estimate of drug-likeness (QED) is 0.860. The molecule has 2 aromatic rings. The molecule has 2 amide bonds. The summed E-state index contributed by atoms with van der Waals surface area (Å²) in [6.07, 6.45) is 1.72. The third-order valence-corrected chi connectivity index (χ3v) is 5.51. The Labute approximate surface area is 164 Å². The van der Waals surface area contributed by atoms with Gasteiger partial charge in [0.05, 0.1) is 11.1 Å². The minimum absolute atomic E-state index is 0.0462. The number of fused-ring (bicyclic) bond motifs is 1. The largest absolute Gasteiger partial charge is 0.490 e. The van der Waals surface area contributed by atoms with Crippen LogP contribution in [0.2, 0.25) is 0 Å². The van der Waals surface area contributed by atoms with Gasteiger partial charge in [-0.2, -0.15) is 0 Å². The van der Waals surface area contributed by atoms with Crippen molar-refractivity contribution >= 4 is 17.5 Å². The van der Waals surface area contributed by atoms with Gasteiger partial charge in [-0.3, -0.25) is 14.5 Å². The molecule has 1 saturated heterocycles. The maximum atomic E-state index is 12.6. The van der Waals surface area contributed by atoms with Crippen molar-refractivity contribution < 1.29 is 14.3 Å². The van der Waals surface area contributed by atoms with Gasteiger partial charge in [-0.15, -0.1) is 0 Å². The Hall–Kier alpha value is -2.86. The number of nitrogens with one attached hydrogen (secondary N) is 2. The van der Waals surface area contributed by atoms with Gasteiger partial charge in [0.25, 0.3) is 5.91 Å². The number of ether oxygens (including phenoxy) is 1. The number of para-hydroxylation sites is 1. The molecule has 4 rings (SSSR count). The molecule has 0 aliphatic carbocycles. The minimum Gasteiger partial charge on any atom is -0.490 e. The van der Waals surface area contributed by atoms with Gasteiger partial charge in [0.1, 0.15) is 12.4 Å². The van der Waals surface area contributed by atoms with Crippen LogP contribution in [0, 0.1) is 0 Å². The monoisotopic (exact) mass is 379 g/mol. The Bertz CT molecular complexity index is 871. The molecule has 6 heteroatoms. The number of benzene rings is 2. The van der Waals surface area contributed by atoms with Crippen molar-refractivity contribution in [2.24, 2.45) is 0 Å². The number of piperidine rings is 1. The highest BCUT2D eigenvalue weighted by Crippen LogP contribution is 2.30. The molecule has 0 aromatic heterocycles. The van der Waals surface area contributed by atoms with Crippen molar-refractivity contribution in [3.8, 4) is 5.75 Å². The summed E-state index contributed by atoms with van der Waals surface area (Å²) in [4.78, 5) is 26.1. The second-order valence-electron chi connectivity index (χ2n) is 7.67. The van der Waals surface area contributed by atoms with Crippen molar-refractivity contribution in [1.29, 1.82) is 0 Å². The van der Waals surface area contributed by atoms with E-state index in [1.54, 1.807) is 0 Å². The number of hydrogen-bond acceptors (Lipinski definition) is 4. The Morgan fingerprint density at radius 1 is 1.14 bits per heavy atom. The Kier molecular flexibility index (Phi) is 5.05. The van der Waals surface area contributed by atoms with E-state index in [2.05, 4.69) is 15.5 Å². The van der Waals surface area contributed by atoms with E-state index in [0.29, 0.717) is 17.9 Å². The van der Waals surface area contributed by atoms with Gasteiger partial charge in [-0.1, -0.05) is 24.3 Å². The smallest absolute Gasteiger partial charge is 0.255 e. The first-order valence-electron chi connectivity index (χ1n) is 9.66. The average molecular weight is 379 g/mol. The fourth-order valence-corrected chi connectivity index (χ4v) is 3.90. The Morgan fingerprint density at radius 3 is 2.57 bits per heavy atom. The molecule has 0 saturated carbocycles. The van der Waals surface area contributed by atoms with Crippen LogP contribution >= 0.6 is 0 Å². The zero-order chi connectivity index (χ0) is 19.6. The van der Waals surface area contributed by atoms with Crippen molar-refractivity contribution in [1.82, 2.24) is 10.2 Å². The van der Waals surface area contributed by atoms with E-state index in [9.17, 15) is 9.59 Å². The number of anilines is 1. The number of amides is 2. The molecule has 0 bridgehead atoms. The molecule has 1 spiro atoms. The Morgan fingerprint density at radius 2 is 1.86 bits per heavy atom. The van der Waals surface area contributed by atoms with Gasteiger partial charge in [-0.25, -0.2) is 0 Å². The van der Waals surface area contributed by atoms with Gasteiger partial charge >= 0.3 is 0 Å². The van der Waals surface area contributed by atoms with Crippen LogP contribution in [0.1, 0.15) is 35.7 Å². The van der Waals surface area contributed by atoms with Gasteiger partial charge in [-0.05, 0) is 42.7 Å². The van der Waals surface area contributed by atoms with Crippen LogP contribution in [0.3, 0.4) is 0 Å². The Balaban J connectivity index is 1.36. The molecule has 2 heterocycles. The van der Waals surface area contributed by atoms with Crippen molar-refractivity contribution in [2.45, 2.75) is 31.8 Å². The average Bonchev–Trinajstić information content (AvgIpc) is 2.82. The summed E-state index contributed by atoms with van der Waals surface area (Å²) in [7, 11) is 0. The van der Waals surface area contributed by atoms with E-state index < -0.39 is 0 Å². The first-order valence-corrected chi connectivity index (χ1v) is 9.66. The van der Waals surface area contributed by atoms with Crippen LogP contribution in [0.4, 0.5) is 5.69 Å². The zero-order valence-electron chi connectivity index (χ0n) is 16.0. The molecule has 0 unspecified atom stereocenters. The summed E-state index contributed by atoms with van der Waals surface area (Å²) in [6, 6.07) is 15.4. The maximum Gasteiger partial charge on any atom is 0.255 e. The van der Waals surface area contributed by atoms with E-state index in [1.165, 1.54) is 12.5 Å². The predicted octanol–water partition coefficient (Wildman–Crippen LogP) is 2.80. The molecule has 0 atom stereocenters. The highest BCUT2D eigenvalue weighted by molar-refractivity contribution is 5.97. The highest BCUT2D eigenvalue weighted by atomic mass is 16.5. The van der Waals surface area contributed by atoms with Crippen molar-refractivity contribution in [3.63, 3.8) is 0 Å². The van der Waals surface area contributed by atoms with Gasteiger partial charge in [0.2, 0.25) is 5.91 Å². The lowest BCUT2D eigenvalue weighted by atomic mass is 9.88. The van der Waals surface area contributed by atoms with Crippen molar-refractivity contribution in [3.05, 3.63) is 59.7 Å². The SMILES string of the molecule is CC(=O)Nc1ccc(CN2CCC3(CC2)COc2ccccc2C(=O)N3)cc1. The van der Waals surface area contributed by atoms with Crippen LogP contribution in [-0.2, 0) is 11.3 Å². The number of carbonyl (C=O) groups is 2. The van der Waals surface area contributed by atoms with Gasteiger partial charge < -0.3 is 15.4 Å². The molecular formula is C22H25N3O3. The van der Waals surface area contributed by atoms with Crippen LogP contribution < -0.4 is 15.4 Å². The predicted molar refractivity (Wildman–Crippen MR) is 107 cm³/mol. The number of rotatable bonds is 3. The van der Waals surface area contributed by atoms with E-state index in [0.717, 1.165) is 38.2 Å². The first-order chi connectivity index (χ1) is 13.5. The summed E-state index contributed by atoms with van der Waals surface area (Å²) in [6.45, 7) is 4.66. The topological polar surface area (TPSA) is 70.7 Å². The third-order valence-electron chi connectivity index (χ3n) is 5.51. The molecule has 2 N–H and O–H groups in total. The highest BCUT2D eigenvalue weighted by Gasteiger charge is 2.39. The van der Waals surface area contributed by atoms with Gasteiger partial charge in [0.15, 0.2) is 0 Å². The van der Waals surface area contributed by atoms with Crippen LogP contribution in [-0.4, -0.2) is 41.9 Å². The molecule has 2 aliphatic rings. The normalized spacial score (nSPS) is 18.5. The lowest BCUT2D eigenvalue weighted by molar-refractivity contribution is -0.114. The molecule has 146 valence electrons. The summed E-state index contributed by atoms with van der Waals surface area (Å²) in [5, 5.41) is 6.02. The summed E-state index contributed by atoms with van der Waals surface area (Å²) in [5.74, 6) is 0.553. The summed E-state index contributed by atoms with van der Waals surface area (Å²) < 4.78 is 5.97. The molecule has 0 radical (unpaired) electrons. The van der Waals surface area contributed by atoms with Crippen LogP contribution in [0.15, 0.2) is 48.5 Å². The maximum absolute atomic E-state index is 12.6. The van der Waals surface area contributed by atoms with Crippen molar-refractivity contribution in [2.75, 3.05) is 25.0 Å². The van der Waals surface area contributed by atoms with Crippen LogP contribution in [0.25, 0.3) is 0 Å². The van der Waals surface area contributed by atoms with Gasteiger partial charge in [0, 0.05) is 32.2 Å². The second kappa shape index (κ2) is 7.64. The minimum atomic E-state index is -0.304. The number of nitrogens with zero attached hydrogens (tertiary/aromatic N) is 1. The molecule has 28 heavy (non-hydrogen) atoms.